The molecular weight excluding hydrogens is 316 g/mol. The molecule has 3 N–H and O–H groups in total. The van der Waals surface area contributed by atoms with Gasteiger partial charge in [0.05, 0.1) is 6.04 Å². The SMILES string of the molecule is C[C@H](NC(=O)c1ccc(CN)cc1)c1ccccc1Br. The van der Waals surface area contributed by atoms with E-state index in [9.17, 15) is 4.79 Å². The Labute approximate surface area is 127 Å². The molecule has 3 nitrogen and oxygen atoms in total. The number of benzene rings is 2. The Hall–Kier alpha value is -1.65. The lowest BCUT2D eigenvalue weighted by molar-refractivity contribution is 0.0940. The predicted molar refractivity (Wildman–Crippen MR) is 84.4 cm³/mol. The van der Waals surface area contributed by atoms with Crippen molar-refractivity contribution in [3.63, 3.8) is 0 Å². The van der Waals surface area contributed by atoms with E-state index in [2.05, 4.69) is 21.2 Å². The molecule has 104 valence electrons. The standard InChI is InChI=1S/C16H17BrN2O/c1-11(14-4-2-3-5-15(14)17)19-16(20)13-8-6-12(10-18)7-9-13/h2-9,11H,10,18H2,1H3,(H,19,20)/t11-/m0/s1. The largest absolute Gasteiger partial charge is 0.345 e. The zero-order chi connectivity index (χ0) is 14.5. The summed E-state index contributed by atoms with van der Waals surface area (Å²) in [6.45, 7) is 2.45. The Morgan fingerprint density at radius 1 is 1.20 bits per heavy atom. The van der Waals surface area contributed by atoms with Crippen molar-refractivity contribution in [3.05, 3.63) is 69.7 Å². The highest BCUT2D eigenvalue weighted by molar-refractivity contribution is 9.10. The summed E-state index contributed by atoms with van der Waals surface area (Å²) in [7, 11) is 0. The summed E-state index contributed by atoms with van der Waals surface area (Å²) in [4.78, 5) is 12.2. The molecule has 0 aliphatic heterocycles. The summed E-state index contributed by atoms with van der Waals surface area (Å²) < 4.78 is 0.992. The van der Waals surface area contributed by atoms with E-state index < -0.39 is 0 Å². The summed E-state index contributed by atoms with van der Waals surface area (Å²) in [6, 6.07) is 15.1. The molecule has 2 aromatic rings. The first-order chi connectivity index (χ1) is 9.61. The fourth-order valence-corrected chi connectivity index (χ4v) is 2.60. The molecule has 0 radical (unpaired) electrons. The Morgan fingerprint density at radius 3 is 2.45 bits per heavy atom. The molecule has 0 aromatic heterocycles. The number of carbonyl (C=O) groups excluding carboxylic acids is 1. The first-order valence-corrected chi connectivity index (χ1v) is 7.25. The second-order valence-electron chi connectivity index (χ2n) is 4.62. The minimum Gasteiger partial charge on any atom is -0.345 e. The maximum absolute atomic E-state index is 12.2. The average Bonchev–Trinajstić information content (AvgIpc) is 2.47. The molecule has 1 atom stereocenters. The van der Waals surface area contributed by atoms with Crippen LogP contribution in [0.2, 0.25) is 0 Å². The van der Waals surface area contributed by atoms with E-state index >= 15 is 0 Å². The molecule has 2 aromatic carbocycles. The van der Waals surface area contributed by atoms with Crippen LogP contribution in [0, 0.1) is 0 Å². The van der Waals surface area contributed by atoms with Crippen LogP contribution in [-0.2, 0) is 6.54 Å². The van der Waals surface area contributed by atoms with Crippen molar-refractivity contribution in [2.45, 2.75) is 19.5 Å². The summed E-state index contributed by atoms with van der Waals surface area (Å²) >= 11 is 3.50. The molecule has 0 unspecified atom stereocenters. The Balaban J connectivity index is 2.09. The highest BCUT2D eigenvalue weighted by Crippen LogP contribution is 2.23. The Bertz CT molecular complexity index is 596. The number of amides is 1. The van der Waals surface area contributed by atoms with Crippen LogP contribution in [0.3, 0.4) is 0 Å². The summed E-state index contributed by atoms with van der Waals surface area (Å²) in [5, 5.41) is 2.99. The average molecular weight is 333 g/mol. The fraction of sp³-hybridized carbons (Fsp3) is 0.188. The summed E-state index contributed by atoms with van der Waals surface area (Å²) in [5.41, 5.74) is 8.25. The van der Waals surface area contributed by atoms with Gasteiger partial charge in [0.15, 0.2) is 0 Å². The van der Waals surface area contributed by atoms with Crippen LogP contribution in [0.4, 0.5) is 0 Å². The maximum Gasteiger partial charge on any atom is 0.251 e. The lowest BCUT2D eigenvalue weighted by Gasteiger charge is -2.16. The highest BCUT2D eigenvalue weighted by Gasteiger charge is 2.13. The zero-order valence-corrected chi connectivity index (χ0v) is 12.9. The van der Waals surface area contributed by atoms with Crippen molar-refractivity contribution >= 4 is 21.8 Å². The van der Waals surface area contributed by atoms with Crippen LogP contribution in [0.1, 0.15) is 34.5 Å². The molecule has 4 heteroatoms. The van der Waals surface area contributed by atoms with Gasteiger partial charge in [-0.05, 0) is 36.2 Å². The number of hydrogen-bond donors (Lipinski definition) is 2. The predicted octanol–water partition coefficient (Wildman–Crippen LogP) is 3.40. The smallest absolute Gasteiger partial charge is 0.251 e. The second-order valence-corrected chi connectivity index (χ2v) is 5.47. The minimum atomic E-state index is -0.0863. The topological polar surface area (TPSA) is 55.1 Å². The normalized spacial score (nSPS) is 11.9. The maximum atomic E-state index is 12.2. The number of hydrogen-bond acceptors (Lipinski definition) is 2. The summed E-state index contributed by atoms with van der Waals surface area (Å²) in [5.74, 6) is -0.0863. The van der Waals surface area contributed by atoms with Gasteiger partial charge in [-0.25, -0.2) is 0 Å². The molecule has 0 aliphatic rings. The molecule has 0 aliphatic carbocycles. The van der Waals surface area contributed by atoms with Gasteiger partial charge in [-0.15, -0.1) is 0 Å². The summed E-state index contributed by atoms with van der Waals surface area (Å²) in [6.07, 6.45) is 0. The highest BCUT2D eigenvalue weighted by atomic mass is 79.9. The molecule has 0 saturated carbocycles. The number of nitrogens with two attached hydrogens (primary N) is 1. The van der Waals surface area contributed by atoms with Gasteiger partial charge in [0.2, 0.25) is 0 Å². The van der Waals surface area contributed by atoms with Gasteiger partial charge in [0, 0.05) is 16.6 Å². The van der Waals surface area contributed by atoms with Gasteiger partial charge in [-0.1, -0.05) is 46.3 Å². The van der Waals surface area contributed by atoms with Gasteiger partial charge in [-0.3, -0.25) is 4.79 Å². The van der Waals surface area contributed by atoms with Crippen molar-refractivity contribution in [2.24, 2.45) is 5.73 Å². The van der Waals surface area contributed by atoms with Crippen molar-refractivity contribution in [1.82, 2.24) is 5.32 Å². The van der Waals surface area contributed by atoms with Crippen molar-refractivity contribution in [1.29, 1.82) is 0 Å². The third-order valence-electron chi connectivity index (χ3n) is 3.17. The third-order valence-corrected chi connectivity index (χ3v) is 3.89. The lowest BCUT2D eigenvalue weighted by Crippen LogP contribution is -2.26. The molecule has 0 fully saturated rings. The molecule has 2 rings (SSSR count). The quantitative estimate of drug-likeness (QED) is 0.901. The number of nitrogens with one attached hydrogen (secondary N) is 1. The van der Waals surface area contributed by atoms with E-state index in [1.807, 2.05) is 43.3 Å². The zero-order valence-electron chi connectivity index (χ0n) is 11.3. The van der Waals surface area contributed by atoms with E-state index in [1.54, 1.807) is 12.1 Å². The fourth-order valence-electron chi connectivity index (χ4n) is 1.98. The number of carbonyl (C=O) groups is 1. The van der Waals surface area contributed by atoms with Crippen molar-refractivity contribution in [2.75, 3.05) is 0 Å². The third kappa shape index (κ3) is 3.46. The van der Waals surface area contributed by atoms with E-state index in [1.165, 1.54) is 0 Å². The van der Waals surface area contributed by atoms with E-state index in [-0.39, 0.29) is 11.9 Å². The monoisotopic (exact) mass is 332 g/mol. The molecule has 1 amide bonds. The Kier molecular flexibility index (Phi) is 4.93. The van der Waals surface area contributed by atoms with Crippen LogP contribution >= 0.6 is 15.9 Å². The van der Waals surface area contributed by atoms with Crippen molar-refractivity contribution in [3.8, 4) is 0 Å². The lowest BCUT2D eigenvalue weighted by atomic mass is 10.1. The Morgan fingerprint density at radius 2 is 1.85 bits per heavy atom. The molecule has 0 heterocycles. The first-order valence-electron chi connectivity index (χ1n) is 6.46. The van der Waals surface area contributed by atoms with Crippen LogP contribution in [-0.4, -0.2) is 5.91 Å². The van der Waals surface area contributed by atoms with Gasteiger partial charge in [0.25, 0.3) is 5.91 Å². The number of rotatable bonds is 4. The first kappa shape index (κ1) is 14.8. The van der Waals surface area contributed by atoms with E-state index in [0.29, 0.717) is 12.1 Å². The van der Waals surface area contributed by atoms with Crippen LogP contribution in [0.15, 0.2) is 53.0 Å². The van der Waals surface area contributed by atoms with Crippen LogP contribution in [0.5, 0.6) is 0 Å². The molecule has 0 spiro atoms. The van der Waals surface area contributed by atoms with E-state index in [0.717, 1.165) is 15.6 Å². The molecule has 20 heavy (non-hydrogen) atoms. The molecular formula is C16H17BrN2O. The van der Waals surface area contributed by atoms with Gasteiger partial charge in [-0.2, -0.15) is 0 Å². The van der Waals surface area contributed by atoms with Gasteiger partial charge < -0.3 is 11.1 Å². The van der Waals surface area contributed by atoms with Crippen molar-refractivity contribution < 1.29 is 4.79 Å². The second kappa shape index (κ2) is 6.68. The van der Waals surface area contributed by atoms with Crippen LogP contribution in [0.25, 0.3) is 0 Å². The van der Waals surface area contributed by atoms with Gasteiger partial charge in [0.1, 0.15) is 0 Å². The molecule has 0 saturated heterocycles. The van der Waals surface area contributed by atoms with Gasteiger partial charge >= 0.3 is 0 Å². The minimum absolute atomic E-state index is 0.0627. The number of halogens is 1. The molecule has 0 bridgehead atoms. The van der Waals surface area contributed by atoms with E-state index in [4.69, 9.17) is 5.73 Å². The van der Waals surface area contributed by atoms with Crippen LogP contribution < -0.4 is 11.1 Å².